The molecule has 0 saturated carbocycles. The summed E-state index contributed by atoms with van der Waals surface area (Å²) in [6.07, 6.45) is 1.51. The summed E-state index contributed by atoms with van der Waals surface area (Å²) in [5.41, 5.74) is 2.44. The highest BCUT2D eigenvalue weighted by Crippen LogP contribution is 2.22. The van der Waals surface area contributed by atoms with E-state index in [1.54, 1.807) is 0 Å². The van der Waals surface area contributed by atoms with Crippen LogP contribution in [0, 0.1) is 0 Å². The summed E-state index contributed by atoms with van der Waals surface area (Å²) in [7, 11) is 0. The van der Waals surface area contributed by atoms with Crippen LogP contribution in [-0.2, 0) is 0 Å². The largest absolute Gasteiger partial charge is 0.492 e. The molecule has 0 saturated heterocycles. The summed E-state index contributed by atoms with van der Waals surface area (Å²) in [6.45, 7) is 1.16. The average Bonchev–Trinajstić information content (AvgIpc) is 3.12. The monoisotopic (exact) mass is 331 g/mol. The molecule has 2 heterocycles. The van der Waals surface area contributed by atoms with Crippen LogP contribution >= 0.6 is 0 Å². The third-order valence-corrected chi connectivity index (χ3v) is 3.74. The Morgan fingerprint density at radius 3 is 2.48 bits per heavy atom. The minimum atomic E-state index is 0.537. The molecule has 0 amide bonds. The van der Waals surface area contributed by atoms with Gasteiger partial charge in [-0.3, -0.25) is 0 Å². The fraction of sp³-hybridized carbons (Fsp3) is 0.105. The van der Waals surface area contributed by atoms with E-state index in [1.807, 2.05) is 60.7 Å². The van der Waals surface area contributed by atoms with E-state index in [0.29, 0.717) is 18.8 Å². The third kappa shape index (κ3) is 3.42. The number of anilines is 1. The van der Waals surface area contributed by atoms with E-state index >= 15 is 0 Å². The molecular weight excluding hydrogens is 314 g/mol. The number of aromatic amines is 1. The molecule has 6 nitrogen and oxygen atoms in total. The molecule has 0 fully saturated rings. The molecule has 0 radical (unpaired) electrons. The van der Waals surface area contributed by atoms with E-state index in [4.69, 9.17) is 4.74 Å². The van der Waals surface area contributed by atoms with E-state index in [9.17, 15) is 0 Å². The number of benzene rings is 2. The van der Waals surface area contributed by atoms with Crippen molar-refractivity contribution in [3.05, 3.63) is 67.0 Å². The number of H-pyrrole nitrogens is 1. The van der Waals surface area contributed by atoms with Crippen LogP contribution in [0.3, 0.4) is 0 Å². The third-order valence-electron chi connectivity index (χ3n) is 3.74. The molecule has 0 aliphatic rings. The van der Waals surface area contributed by atoms with Crippen molar-refractivity contribution in [2.75, 3.05) is 18.5 Å². The Morgan fingerprint density at radius 2 is 1.68 bits per heavy atom. The van der Waals surface area contributed by atoms with Crippen LogP contribution < -0.4 is 10.1 Å². The summed E-state index contributed by atoms with van der Waals surface area (Å²) in [5, 5.41) is 3.28. The van der Waals surface area contributed by atoms with Crippen molar-refractivity contribution >= 4 is 17.0 Å². The second-order valence-electron chi connectivity index (χ2n) is 5.46. The van der Waals surface area contributed by atoms with E-state index < -0.39 is 0 Å². The van der Waals surface area contributed by atoms with Gasteiger partial charge in [0.05, 0.1) is 6.54 Å². The number of nitrogens with one attached hydrogen (secondary N) is 2. The number of para-hydroxylation sites is 1. The fourth-order valence-electron chi connectivity index (χ4n) is 2.55. The number of nitrogens with zero attached hydrogens (tertiary/aromatic N) is 3. The van der Waals surface area contributed by atoms with Gasteiger partial charge in [-0.1, -0.05) is 48.5 Å². The van der Waals surface area contributed by atoms with Crippen molar-refractivity contribution in [3.63, 3.8) is 0 Å². The summed E-state index contributed by atoms with van der Waals surface area (Å²) >= 11 is 0. The van der Waals surface area contributed by atoms with Crippen LogP contribution in [0.5, 0.6) is 5.75 Å². The molecule has 0 bridgehead atoms. The lowest BCUT2D eigenvalue weighted by atomic mass is 10.2. The molecule has 0 aliphatic carbocycles. The fourth-order valence-corrected chi connectivity index (χ4v) is 2.55. The maximum absolute atomic E-state index is 5.68. The van der Waals surface area contributed by atoms with Crippen LogP contribution in [0.25, 0.3) is 22.6 Å². The first-order chi connectivity index (χ1) is 12.4. The van der Waals surface area contributed by atoms with E-state index in [0.717, 1.165) is 28.5 Å². The van der Waals surface area contributed by atoms with Gasteiger partial charge in [0.25, 0.3) is 0 Å². The Labute approximate surface area is 144 Å². The molecule has 0 spiro atoms. The smallest absolute Gasteiger partial charge is 0.183 e. The van der Waals surface area contributed by atoms with Gasteiger partial charge in [-0.2, -0.15) is 0 Å². The topological polar surface area (TPSA) is 75.7 Å². The van der Waals surface area contributed by atoms with Crippen LogP contribution in [0.2, 0.25) is 0 Å². The van der Waals surface area contributed by atoms with Crippen molar-refractivity contribution in [3.8, 4) is 17.1 Å². The number of rotatable bonds is 6. The lowest BCUT2D eigenvalue weighted by molar-refractivity contribution is 0.333. The lowest BCUT2D eigenvalue weighted by Gasteiger charge is -2.08. The van der Waals surface area contributed by atoms with Gasteiger partial charge in [-0.05, 0) is 12.1 Å². The van der Waals surface area contributed by atoms with E-state index in [2.05, 4.69) is 25.3 Å². The number of imidazole rings is 1. The highest BCUT2D eigenvalue weighted by Gasteiger charge is 2.10. The number of fused-ring (bicyclic) bond motifs is 1. The maximum Gasteiger partial charge on any atom is 0.183 e. The summed E-state index contributed by atoms with van der Waals surface area (Å²) < 4.78 is 5.68. The molecule has 4 rings (SSSR count). The van der Waals surface area contributed by atoms with Crippen LogP contribution in [-0.4, -0.2) is 33.1 Å². The summed E-state index contributed by atoms with van der Waals surface area (Å²) in [4.78, 5) is 16.4. The molecule has 2 aromatic heterocycles. The molecule has 25 heavy (non-hydrogen) atoms. The van der Waals surface area contributed by atoms with Gasteiger partial charge in [-0.25, -0.2) is 15.0 Å². The van der Waals surface area contributed by atoms with Crippen molar-refractivity contribution in [2.24, 2.45) is 0 Å². The predicted molar refractivity (Wildman–Crippen MR) is 97.5 cm³/mol. The molecule has 2 aromatic carbocycles. The minimum absolute atomic E-state index is 0.537. The van der Waals surface area contributed by atoms with Gasteiger partial charge >= 0.3 is 0 Å². The first-order valence-corrected chi connectivity index (χ1v) is 8.08. The highest BCUT2D eigenvalue weighted by atomic mass is 16.5. The maximum atomic E-state index is 5.68. The standard InChI is InChI=1S/C19H17N5O/c1-3-7-14(8-4-1)17-23-16-18(21-13-22-19(16)24-17)20-11-12-25-15-9-5-2-6-10-15/h1-10,13H,11-12H2,(H2,20,21,22,23,24). The van der Waals surface area contributed by atoms with Crippen molar-refractivity contribution in [2.45, 2.75) is 0 Å². The molecule has 124 valence electrons. The molecule has 0 atom stereocenters. The van der Waals surface area contributed by atoms with Crippen LogP contribution in [0.1, 0.15) is 0 Å². The first kappa shape index (κ1) is 15.1. The molecule has 6 heteroatoms. The Kier molecular flexibility index (Phi) is 4.24. The number of aromatic nitrogens is 4. The summed E-state index contributed by atoms with van der Waals surface area (Å²) in [5.74, 6) is 2.35. The van der Waals surface area contributed by atoms with Gasteiger partial charge in [-0.15, -0.1) is 0 Å². The van der Waals surface area contributed by atoms with Gasteiger partial charge in [0.2, 0.25) is 0 Å². The Hall–Kier alpha value is -3.41. The zero-order valence-corrected chi connectivity index (χ0v) is 13.5. The van der Waals surface area contributed by atoms with Crippen molar-refractivity contribution in [1.82, 2.24) is 19.9 Å². The average molecular weight is 331 g/mol. The summed E-state index contributed by atoms with van der Waals surface area (Å²) in [6, 6.07) is 19.7. The molecule has 0 unspecified atom stereocenters. The van der Waals surface area contributed by atoms with E-state index in [-0.39, 0.29) is 0 Å². The predicted octanol–water partition coefficient (Wildman–Crippen LogP) is 3.51. The van der Waals surface area contributed by atoms with E-state index in [1.165, 1.54) is 6.33 Å². The second-order valence-corrected chi connectivity index (χ2v) is 5.46. The first-order valence-electron chi connectivity index (χ1n) is 8.08. The highest BCUT2D eigenvalue weighted by molar-refractivity contribution is 5.85. The molecule has 2 N–H and O–H groups in total. The molecular formula is C19H17N5O. The second kappa shape index (κ2) is 7.00. The van der Waals surface area contributed by atoms with Gasteiger partial charge in [0.15, 0.2) is 11.5 Å². The number of ether oxygens (including phenoxy) is 1. The quantitative estimate of drug-likeness (QED) is 0.529. The normalized spacial score (nSPS) is 10.7. The minimum Gasteiger partial charge on any atom is -0.492 e. The SMILES string of the molecule is c1ccc(OCCNc2ncnc3nc(-c4ccccc4)[nH]c23)cc1. The van der Waals surface area contributed by atoms with Gasteiger partial charge in [0, 0.05) is 5.56 Å². The van der Waals surface area contributed by atoms with Crippen molar-refractivity contribution in [1.29, 1.82) is 0 Å². The van der Waals surface area contributed by atoms with Crippen molar-refractivity contribution < 1.29 is 4.74 Å². The number of hydrogen-bond acceptors (Lipinski definition) is 5. The lowest BCUT2D eigenvalue weighted by Crippen LogP contribution is -2.12. The Morgan fingerprint density at radius 1 is 0.920 bits per heavy atom. The van der Waals surface area contributed by atoms with Gasteiger partial charge < -0.3 is 15.0 Å². The molecule has 4 aromatic rings. The van der Waals surface area contributed by atoms with Gasteiger partial charge in [0.1, 0.15) is 30.0 Å². The molecule has 0 aliphatic heterocycles. The van der Waals surface area contributed by atoms with Crippen LogP contribution in [0.4, 0.5) is 5.82 Å². The number of hydrogen-bond donors (Lipinski definition) is 2. The zero-order chi connectivity index (χ0) is 16.9. The zero-order valence-electron chi connectivity index (χ0n) is 13.5. The Balaban J connectivity index is 1.47. The Bertz CT molecular complexity index is 953. The van der Waals surface area contributed by atoms with Crippen LogP contribution in [0.15, 0.2) is 67.0 Å².